The summed E-state index contributed by atoms with van der Waals surface area (Å²) in [5.41, 5.74) is 3.16. The van der Waals surface area contributed by atoms with Crippen LogP contribution in [0, 0.1) is 13.8 Å². The lowest BCUT2D eigenvalue weighted by Crippen LogP contribution is -2.05. The maximum atomic E-state index is 11.2. The molecule has 0 spiro atoms. The van der Waals surface area contributed by atoms with Crippen LogP contribution in [0.1, 0.15) is 21.7 Å². The average molecular weight is 267 g/mol. The van der Waals surface area contributed by atoms with Crippen LogP contribution in [0.5, 0.6) is 0 Å². The predicted octanol–water partition coefficient (Wildman–Crippen LogP) is 2.40. The third kappa shape index (κ3) is 2.62. The van der Waals surface area contributed by atoms with Gasteiger partial charge in [0.2, 0.25) is 0 Å². The Bertz CT molecular complexity index is 555. The van der Waals surface area contributed by atoms with Gasteiger partial charge in [0.25, 0.3) is 0 Å². The Balaban J connectivity index is 2.47. The number of aryl methyl sites for hydroxylation is 2. The monoisotopic (exact) mass is 267 g/mol. The molecular formula is C10H9N3O2S2. The van der Waals surface area contributed by atoms with E-state index in [-0.39, 0.29) is 5.56 Å². The van der Waals surface area contributed by atoms with Crippen molar-refractivity contribution < 1.29 is 9.90 Å². The summed E-state index contributed by atoms with van der Waals surface area (Å²) >= 11 is 2.68. The number of rotatable bonds is 3. The zero-order chi connectivity index (χ0) is 12.4. The Morgan fingerprint density at radius 1 is 1.47 bits per heavy atom. The van der Waals surface area contributed by atoms with Crippen molar-refractivity contribution in [2.45, 2.75) is 23.1 Å². The number of aromatic nitrogens is 3. The molecule has 0 radical (unpaired) electrons. The topological polar surface area (TPSA) is 76.0 Å². The minimum atomic E-state index is -0.970. The maximum Gasteiger partial charge on any atom is 0.338 e. The number of aromatic carboxylic acids is 1. The fraction of sp³-hybridized carbons (Fsp3) is 0.200. The number of hydrogen-bond donors (Lipinski definition) is 1. The summed E-state index contributed by atoms with van der Waals surface area (Å²) in [4.78, 5) is 16.0. The summed E-state index contributed by atoms with van der Waals surface area (Å²) in [6.45, 7) is 3.53. The number of carbonyl (C=O) groups is 1. The molecule has 0 saturated heterocycles. The highest BCUT2D eigenvalue weighted by Gasteiger charge is 2.17. The van der Waals surface area contributed by atoms with Crippen LogP contribution in [0.25, 0.3) is 0 Å². The number of carboxylic acids is 1. The van der Waals surface area contributed by atoms with Crippen molar-refractivity contribution in [3.63, 3.8) is 0 Å². The molecule has 2 aromatic heterocycles. The van der Waals surface area contributed by atoms with E-state index in [4.69, 9.17) is 0 Å². The van der Waals surface area contributed by atoms with Crippen molar-refractivity contribution >= 4 is 29.1 Å². The molecule has 2 heterocycles. The highest BCUT2D eigenvalue weighted by atomic mass is 32.2. The van der Waals surface area contributed by atoms with E-state index in [0.717, 1.165) is 10.0 Å². The number of carboxylic acid groups (broad SMARTS) is 1. The van der Waals surface area contributed by atoms with E-state index in [9.17, 15) is 9.90 Å². The summed E-state index contributed by atoms with van der Waals surface area (Å²) < 4.78 is 0.720. The highest BCUT2D eigenvalue weighted by Crippen LogP contribution is 2.32. The second-order valence-electron chi connectivity index (χ2n) is 3.33. The number of nitrogens with zero attached hydrogens (tertiary/aromatic N) is 3. The fourth-order valence-corrected chi connectivity index (χ4v) is 3.15. The summed E-state index contributed by atoms with van der Waals surface area (Å²) in [6.07, 6.45) is 0. The molecule has 5 nitrogen and oxygen atoms in total. The second-order valence-corrected chi connectivity index (χ2v) is 5.46. The van der Waals surface area contributed by atoms with Crippen molar-refractivity contribution in [1.29, 1.82) is 0 Å². The summed E-state index contributed by atoms with van der Waals surface area (Å²) in [6, 6.07) is 1.75. The van der Waals surface area contributed by atoms with Gasteiger partial charge in [-0.2, -0.15) is 0 Å². The van der Waals surface area contributed by atoms with E-state index in [1.165, 1.54) is 23.1 Å². The Kier molecular flexibility index (Phi) is 3.39. The fourth-order valence-electron chi connectivity index (χ4n) is 1.44. The molecule has 0 atom stereocenters. The van der Waals surface area contributed by atoms with Crippen LogP contribution in [0.4, 0.5) is 0 Å². The zero-order valence-corrected chi connectivity index (χ0v) is 10.8. The molecule has 0 unspecified atom stereocenters. The Hall–Kier alpha value is -1.47. The molecule has 0 saturated carbocycles. The van der Waals surface area contributed by atoms with Gasteiger partial charge in [-0.05, 0) is 19.9 Å². The molecule has 0 aliphatic carbocycles. The summed E-state index contributed by atoms with van der Waals surface area (Å²) in [5.74, 6) is -0.970. The molecule has 7 heteroatoms. The van der Waals surface area contributed by atoms with E-state index in [1.807, 2.05) is 6.92 Å². The molecule has 0 aliphatic heterocycles. The first kappa shape index (κ1) is 12.0. The van der Waals surface area contributed by atoms with E-state index in [1.54, 1.807) is 18.5 Å². The second kappa shape index (κ2) is 4.80. The molecule has 88 valence electrons. The highest BCUT2D eigenvalue weighted by molar-refractivity contribution is 8.01. The van der Waals surface area contributed by atoms with Crippen LogP contribution >= 0.6 is 23.1 Å². The van der Waals surface area contributed by atoms with Crippen molar-refractivity contribution in [1.82, 2.24) is 15.2 Å². The van der Waals surface area contributed by atoms with Gasteiger partial charge in [0, 0.05) is 10.6 Å². The van der Waals surface area contributed by atoms with E-state index in [0.29, 0.717) is 10.6 Å². The number of hydrogen-bond acceptors (Lipinski definition) is 6. The first-order valence-corrected chi connectivity index (χ1v) is 6.43. The molecule has 2 aromatic rings. The van der Waals surface area contributed by atoms with Gasteiger partial charge >= 0.3 is 5.97 Å². The van der Waals surface area contributed by atoms with Gasteiger partial charge < -0.3 is 5.11 Å². The summed E-state index contributed by atoms with van der Waals surface area (Å²) in [7, 11) is 0. The van der Waals surface area contributed by atoms with E-state index < -0.39 is 5.97 Å². The standard InChI is InChI=1S/C10H9N3O2S2/c1-5-3-7(17-10-13-11-4-16-10)8(9(14)15)6(2)12-5/h3-4H,1-2H3,(H,14,15). The van der Waals surface area contributed by atoms with Crippen molar-refractivity contribution in [2.75, 3.05) is 0 Å². The summed E-state index contributed by atoms with van der Waals surface area (Å²) in [5, 5.41) is 16.8. The quantitative estimate of drug-likeness (QED) is 0.920. The normalized spacial score (nSPS) is 10.5. The average Bonchev–Trinajstić information content (AvgIpc) is 2.68. The largest absolute Gasteiger partial charge is 0.478 e. The first-order chi connectivity index (χ1) is 8.08. The third-order valence-electron chi connectivity index (χ3n) is 2.04. The molecule has 2 rings (SSSR count). The minimum Gasteiger partial charge on any atom is -0.478 e. The molecule has 1 N–H and O–H groups in total. The maximum absolute atomic E-state index is 11.2. The van der Waals surface area contributed by atoms with E-state index in [2.05, 4.69) is 15.2 Å². The van der Waals surface area contributed by atoms with Crippen LogP contribution < -0.4 is 0 Å². The molecular weight excluding hydrogens is 258 g/mol. The van der Waals surface area contributed by atoms with Crippen molar-refractivity contribution in [3.8, 4) is 0 Å². The first-order valence-electron chi connectivity index (χ1n) is 4.73. The lowest BCUT2D eigenvalue weighted by Gasteiger charge is -2.07. The van der Waals surface area contributed by atoms with Gasteiger partial charge in [-0.25, -0.2) is 4.79 Å². The van der Waals surface area contributed by atoms with Crippen LogP contribution in [-0.4, -0.2) is 26.3 Å². The SMILES string of the molecule is Cc1cc(Sc2nncs2)c(C(=O)O)c(C)n1. The molecule has 0 fully saturated rings. The lowest BCUT2D eigenvalue weighted by molar-refractivity contribution is 0.0691. The van der Waals surface area contributed by atoms with Crippen LogP contribution in [-0.2, 0) is 0 Å². The molecule has 0 aliphatic rings. The Morgan fingerprint density at radius 3 is 2.82 bits per heavy atom. The Labute approximate surface area is 106 Å². The molecule has 0 amide bonds. The van der Waals surface area contributed by atoms with Gasteiger partial charge in [0.15, 0.2) is 4.34 Å². The van der Waals surface area contributed by atoms with E-state index >= 15 is 0 Å². The van der Waals surface area contributed by atoms with Crippen molar-refractivity contribution in [3.05, 3.63) is 28.5 Å². The van der Waals surface area contributed by atoms with Crippen LogP contribution in [0.15, 0.2) is 20.8 Å². The van der Waals surface area contributed by atoms with Gasteiger partial charge in [-0.1, -0.05) is 23.1 Å². The van der Waals surface area contributed by atoms with Gasteiger partial charge in [-0.15, -0.1) is 10.2 Å². The number of pyridine rings is 1. The lowest BCUT2D eigenvalue weighted by atomic mass is 10.2. The van der Waals surface area contributed by atoms with Crippen LogP contribution in [0.3, 0.4) is 0 Å². The zero-order valence-electron chi connectivity index (χ0n) is 9.17. The minimum absolute atomic E-state index is 0.232. The van der Waals surface area contributed by atoms with Gasteiger partial charge in [0.05, 0.1) is 11.3 Å². The molecule has 17 heavy (non-hydrogen) atoms. The predicted molar refractivity (Wildman–Crippen MR) is 64.7 cm³/mol. The smallest absolute Gasteiger partial charge is 0.338 e. The van der Waals surface area contributed by atoms with Gasteiger partial charge in [0.1, 0.15) is 5.51 Å². The van der Waals surface area contributed by atoms with Crippen molar-refractivity contribution in [2.24, 2.45) is 0 Å². The molecule has 0 aromatic carbocycles. The molecule has 0 bridgehead atoms. The van der Waals surface area contributed by atoms with Crippen LogP contribution in [0.2, 0.25) is 0 Å². The Morgan fingerprint density at radius 2 is 2.24 bits per heavy atom. The third-order valence-corrected chi connectivity index (χ3v) is 3.86. The van der Waals surface area contributed by atoms with Gasteiger partial charge in [-0.3, -0.25) is 4.98 Å².